The van der Waals surface area contributed by atoms with E-state index in [4.69, 9.17) is 10.2 Å². The second-order valence-corrected chi connectivity index (χ2v) is 2.41. The first-order valence-corrected chi connectivity index (χ1v) is 3.27. The second kappa shape index (κ2) is 2.97. The Kier molecular flexibility index (Phi) is 2.27. The van der Waals surface area contributed by atoms with Crippen LogP contribution >= 0.6 is 0 Å². The van der Waals surface area contributed by atoms with E-state index in [2.05, 4.69) is 4.98 Å². The molecule has 0 fully saturated rings. The average Bonchev–Trinajstić information content (AvgIpc) is 2.04. The van der Waals surface area contributed by atoms with Crippen molar-refractivity contribution in [2.24, 2.45) is 0 Å². The highest BCUT2D eigenvalue weighted by Crippen LogP contribution is 2.35. The Balaban J connectivity index is 3.08. The van der Waals surface area contributed by atoms with Crippen molar-refractivity contribution in [2.45, 2.75) is 12.0 Å². The molecule has 2 N–H and O–H groups in total. The van der Waals surface area contributed by atoms with E-state index in [0.29, 0.717) is 0 Å². The molecule has 0 aromatic carbocycles. The summed E-state index contributed by atoms with van der Waals surface area (Å²) in [7, 11) is 0. The van der Waals surface area contributed by atoms with Crippen molar-refractivity contribution < 1.29 is 23.4 Å². The van der Waals surface area contributed by atoms with Gasteiger partial charge in [-0.2, -0.15) is 13.2 Å². The Labute approximate surface area is 71.5 Å². The lowest BCUT2D eigenvalue weighted by Gasteiger charge is -2.24. The van der Waals surface area contributed by atoms with Crippen LogP contribution in [0.5, 0.6) is 0 Å². The van der Waals surface area contributed by atoms with Crippen molar-refractivity contribution in [3.63, 3.8) is 0 Å². The van der Waals surface area contributed by atoms with Gasteiger partial charge in [-0.1, -0.05) is 0 Å². The van der Waals surface area contributed by atoms with E-state index in [9.17, 15) is 13.2 Å². The number of rotatable bonds is 1. The van der Waals surface area contributed by atoms with Gasteiger partial charge in [0.05, 0.1) is 0 Å². The third kappa shape index (κ3) is 1.78. The molecule has 1 aromatic heterocycles. The largest absolute Gasteiger partial charge is 0.447 e. The maximum absolute atomic E-state index is 12.0. The average molecular weight is 193 g/mol. The van der Waals surface area contributed by atoms with Gasteiger partial charge in [0, 0.05) is 18.0 Å². The number of alkyl halides is 3. The van der Waals surface area contributed by atoms with Crippen LogP contribution in [0.15, 0.2) is 24.5 Å². The van der Waals surface area contributed by atoms with Crippen LogP contribution in [0.3, 0.4) is 0 Å². The summed E-state index contributed by atoms with van der Waals surface area (Å²) in [5.74, 6) is -3.81. The molecule has 0 amide bonds. The van der Waals surface area contributed by atoms with Crippen LogP contribution in [0.2, 0.25) is 0 Å². The van der Waals surface area contributed by atoms with Gasteiger partial charge in [0.15, 0.2) is 0 Å². The maximum atomic E-state index is 12.0. The molecule has 1 aromatic rings. The third-order valence-electron chi connectivity index (χ3n) is 1.48. The van der Waals surface area contributed by atoms with Crippen molar-refractivity contribution in [1.82, 2.24) is 4.98 Å². The molecule has 0 aliphatic carbocycles. The molecule has 0 atom stereocenters. The van der Waals surface area contributed by atoms with Gasteiger partial charge in [0.1, 0.15) is 0 Å². The molecule has 3 nitrogen and oxygen atoms in total. The van der Waals surface area contributed by atoms with Gasteiger partial charge >= 0.3 is 6.18 Å². The van der Waals surface area contributed by atoms with Gasteiger partial charge in [-0.05, 0) is 12.1 Å². The summed E-state index contributed by atoms with van der Waals surface area (Å²) >= 11 is 0. The smallest absolute Gasteiger partial charge is 0.355 e. The molecule has 0 spiro atoms. The van der Waals surface area contributed by atoms with Crippen LogP contribution in [0, 0.1) is 0 Å². The molecule has 0 unspecified atom stereocenters. The minimum atomic E-state index is -5.12. The fraction of sp³-hybridized carbons (Fsp3) is 0.286. The molecule has 13 heavy (non-hydrogen) atoms. The van der Waals surface area contributed by atoms with Crippen molar-refractivity contribution in [3.8, 4) is 0 Å². The minimum absolute atomic E-state index is 0.657. The second-order valence-electron chi connectivity index (χ2n) is 2.41. The Bertz CT molecular complexity index is 284. The SMILES string of the molecule is OC(O)(c1ccncc1)C(F)(F)F. The van der Waals surface area contributed by atoms with E-state index in [-0.39, 0.29) is 0 Å². The number of halogens is 3. The molecule has 0 bridgehead atoms. The first-order valence-electron chi connectivity index (χ1n) is 3.27. The Morgan fingerprint density at radius 1 is 1.08 bits per heavy atom. The van der Waals surface area contributed by atoms with Crippen LogP contribution in [0.4, 0.5) is 13.2 Å². The van der Waals surface area contributed by atoms with Crippen molar-refractivity contribution in [2.75, 3.05) is 0 Å². The van der Waals surface area contributed by atoms with Crippen LogP contribution in [-0.2, 0) is 5.79 Å². The highest BCUT2D eigenvalue weighted by molar-refractivity contribution is 5.17. The van der Waals surface area contributed by atoms with Crippen LogP contribution in [0.25, 0.3) is 0 Å². The van der Waals surface area contributed by atoms with Crippen molar-refractivity contribution in [3.05, 3.63) is 30.1 Å². The van der Waals surface area contributed by atoms with Gasteiger partial charge in [0.2, 0.25) is 0 Å². The van der Waals surface area contributed by atoms with Crippen LogP contribution in [-0.4, -0.2) is 21.4 Å². The normalized spacial score (nSPS) is 13.0. The van der Waals surface area contributed by atoms with Crippen molar-refractivity contribution >= 4 is 0 Å². The molecule has 0 aliphatic heterocycles. The zero-order chi connectivity index (χ0) is 10.1. The van der Waals surface area contributed by atoms with Crippen molar-refractivity contribution in [1.29, 1.82) is 0 Å². The number of aliphatic hydroxyl groups is 2. The monoisotopic (exact) mass is 193 g/mol. The Hall–Kier alpha value is -1.14. The summed E-state index contributed by atoms with van der Waals surface area (Å²) in [5.41, 5.74) is -0.657. The summed E-state index contributed by atoms with van der Waals surface area (Å²) in [6.07, 6.45) is -3.03. The number of hydrogen-bond donors (Lipinski definition) is 2. The third-order valence-corrected chi connectivity index (χ3v) is 1.48. The zero-order valence-electron chi connectivity index (χ0n) is 6.28. The molecule has 0 aliphatic rings. The lowest BCUT2D eigenvalue weighted by molar-refractivity contribution is -0.358. The number of hydrogen-bond acceptors (Lipinski definition) is 3. The molecule has 1 rings (SSSR count). The molecule has 1 heterocycles. The summed E-state index contributed by atoms with van der Waals surface area (Å²) in [4.78, 5) is 3.45. The van der Waals surface area contributed by atoms with Gasteiger partial charge < -0.3 is 10.2 Å². The molecular weight excluding hydrogens is 187 g/mol. The van der Waals surface area contributed by atoms with E-state index >= 15 is 0 Å². The fourth-order valence-electron chi connectivity index (χ4n) is 0.748. The fourth-order valence-corrected chi connectivity index (χ4v) is 0.748. The summed E-state index contributed by atoms with van der Waals surface area (Å²) < 4.78 is 36.0. The summed E-state index contributed by atoms with van der Waals surface area (Å²) in [6, 6.07) is 1.76. The number of nitrogens with zero attached hydrogens (tertiary/aromatic N) is 1. The molecule has 6 heteroatoms. The van der Waals surface area contributed by atoms with Gasteiger partial charge in [-0.25, -0.2) is 0 Å². The lowest BCUT2D eigenvalue weighted by atomic mass is 10.1. The quantitative estimate of drug-likeness (QED) is 0.648. The Morgan fingerprint density at radius 3 is 1.92 bits per heavy atom. The van der Waals surface area contributed by atoms with E-state index < -0.39 is 17.5 Å². The predicted molar refractivity (Wildman–Crippen MR) is 36.4 cm³/mol. The van der Waals surface area contributed by atoms with Crippen LogP contribution < -0.4 is 0 Å². The molecule has 0 saturated carbocycles. The topological polar surface area (TPSA) is 53.4 Å². The standard InChI is InChI=1S/C7H6F3NO2/c8-7(9,10)6(12,13)5-1-3-11-4-2-5/h1-4,12-13H. The van der Waals surface area contributed by atoms with Crippen LogP contribution in [0.1, 0.15) is 5.56 Å². The maximum Gasteiger partial charge on any atom is 0.447 e. The lowest BCUT2D eigenvalue weighted by Crippen LogP contribution is -2.41. The van der Waals surface area contributed by atoms with E-state index in [1.54, 1.807) is 0 Å². The zero-order valence-corrected chi connectivity index (χ0v) is 6.28. The van der Waals surface area contributed by atoms with Gasteiger partial charge in [0.25, 0.3) is 5.79 Å². The van der Waals surface area contributed by atoms with E-state index in [1.165, 1.54) is 0 Å². The Morgan fingerprint density at radius 2 is 1.54 bits per heavy atom. The van der Waals surface area contributed by atoms with Gasteiger partial charge in [-0.3, -0.25) is 4.98 Å². The highest BCUT2D eigenvalue weighted by atomic mass is 19.4. The van der Waals surface area contributed by atoms with Gasteiger partial charge in [-0.15, -0.1) is 0 Å². The predicted octanol–water partition coefficient (Wildman–Crippen LogP) is 0.781. The molecule has 0 saturated heterocycles. The molecule has 0 radical (unpaired) electrons. The number of aromatic nitrogens is 1. The molecule has 72 valence electrons. The minimum Gasteiger partial charge on any atom is -0.355 e. The number of pyridine rings is 1. The summed E-state index contributed by atoms with van der Waals surface area (Å²) in [6.45, 7) is 0. The molecular formula is C7H6F3NO2. The first-order chi connectivity index (χ1) is 5.86. The highest BCUT2D eigenvalue weighted by Gasteiger charge is 2.54. The van der Waals surface area contributed by atoms with E-state index in [1.807, 2.05) is 0 Å². The van der Waals surface area contributed by atoms with E-state index in [0.717, 1.165) is 24.5 Å². The summed E-state index contributed by atoms with van der Waals surface area (Å²) in [5, 5.41) is 17.5. The first kappa shape index (κ1) is 9.94.